The van der Waals surface area contributed by atoms with E-state index in [1.165, 1.54) is 6.21 Å². The highest BCUT2D eigenvalue weighted by atomic mass is 32.2. The Labute approximate surface area is 163 Å². The SMILES string of the molecule is CSCC[C@@H](NC(=O)c1ccccc1)C(=O)NN=C/C=C/c1ccccc1. The van der Waals surface area contributed by atoms with E-state index in [1.54, 1.807) is 42.1 Å². The molecule has 2 aromatic rings. The molecule has 2 amide bonds. The van der Waals surface area contributed by atoms with Crippen LogP contribution in [0.4, 0.5) is 0 Å². The van der Waals surface area contributed by atoms with Crippen molar-refractivity contribution in [3.63, 3.8) is 0 Å². The van der Waals surface area contributed by atoms with Crippen LogP contribution >= 0.6 is 11.8 Å². The molecule has 5 nitrogen and oxygen atoms in total. The van der Waals surface area contributed by atoms with Crippen molar-refractivity contribution in [3.05, 3.63) is 77.9 Å². The molecule has 0 saturated heterocycles. The third kappa shape index (κ3) is 7.50. The predicted octanol–water partition coefficient (Wildman–Crippen LogP) is 3.35. The molecule has 140 valence electrons. The van der Waals surface area contributed by atoms with Crippen LogP contribution in [-0.4, -0.2) is 36.1 Å². The molecule has 0 radical (unpaired) electrons. The summed E-state index contributed by atoms with van der Waals surface area (Å²) in [5.74, 6) is 0.146. The van der Waals surface area contributed by atoms with Crippen LogP contribution in [0.1, 0.15) is 22.3 Å². The van der Waals surface area contributed by atoms with E-state index in [9.17, 15) is 9.59 Å². The molecule has 0 bridgehead atoms. The molecule has 0 aliphatic carbocycles. The van der Waals surface area contributed by atoms with Crippen molar-refractivity contribution in [1.82, 2.24) is 10.7 Å². The van der Waals surface area contributed by atoms with Gasteiger partial charge in [0.05, 0.1) is 0 Å². The Morgan fingerprint density at radius 3 is 2.41 bits per heavy atom. The van der Waals surface area contributed by atoms with Crippen LogP contribution in [0.5, 0.6) is 0 Å². The maximum absolute atomic E-state index is 12.4. The summed E-state index contributed by atoms with van der Waals surface area (Å²) in [5.41, 5.74) is 4.06. The van der Waals surface area contributed by atoms with Crippen LogP contribution < -0.4 is 10.7 Å². The fraction of sp³-hybridized carbons (Fsp3) is 0.190. The summed E-state index contributed by atoms with van der Waals surface area (Å²) in [7, 11) is 0. The van der Waals surface area contributed by atoms with Crippen molar-refractivity contribution in [2.75, 3.05) is 12.0 Å². The van der Waals surface area contributed by atoms with Crippen molar-refractivity contribution in [2.45, 2.75) is 12.5 Å². The molecule has 2 aromatic carbocycles. The predicted molar refractivity (Wildman–Crippen MR) is 113 cm³/mol. The molecule has 0 spiro atoms. The summed E-state index contributed by atoms with van der Waals surface area (Å²) >= 11 is 1.62. The van der Waals surface area contributed by atoms with Crippen molar-refractivity contribution < 1.29 is 9.59 Å². The van der Waals surface area contributed by atoms with E-state index >= 15 is 0 Å². The Balaban J connectivity index is 1.90. The second kappa shape index (κ2) is 11.7. The summed E-state index contributed by atoms with van der Waals surface area (Å²) < 4.78 is 0. The smallest absolute Gasteiger partial charge is 0.262 e. The molecular formula is C21H23N3O2S. The molecule has 27 heavy (non-hydrogen) atoms. The Bertz CT molecular complexity index is 777. The Hall–Kier alpha value is -2.86. The summed E-state index contributed by atoms with van der Waals surface area (Å²) in [6.45, 7) is 0. The zero-order valence-electron chi connectivity index (χ0n) is 15.2. The normalized spacial score (nSPS) is 12.2. The van der Waals surface area contributed by atoms with E-state index in [2.05, 4.69) is 15.8 Å². The van der Waals surface area contributed by atoms with Gasteiger partial charge in [0.2, 0.25) is 0 Å². The molecule has 6 heteroatoms. The number of rotatable bonds is 9. The zero-order chi connectivity index (χ0) is 19.3. The highest BCUT2D eigenvalue weighted by Crippen LogP contribution is 2.04. The van der Waals surface area contributed by atoms with E-state index in [0.29, 0.717) is 12.0 Å². The lowest BCUT2D eigenvalue weighted by atomic mass is 10.1. The largest absolute Gasteiger partial charge is 0.340 e. The second-order valence-corrected chi connectivity index (χ2v) is 6.68. The van der Waals surface area contributed by atoms with Gasteiger partial charge in [0, 0.05) is 11.8 Å². The van der Waals surface area contributed by atoms with Gasteiger partial charge in [-0.2, -0.15) is 16.9 Å². The summed E-state index contributed by atoms with van der Waals surface area (Å²) in [5, 5.41) is 6.70. The van der Waals surface area contributed by atoms with Crippen LogP contribution in [0.2, 0.25) is 0 Å². The number of hydrazone groups is 1. The lowest BCUT2D eigenvalue weighted by Crippen LogP contribution is -2.45. The first kappa shape index (κ1) is 20.5. The Morgan fingerprint density at radius 2 is 1.74 bits per heavy atom. The number of carbonyl (C=O) groups excluding carboxylic acids is 2. The molecule has 2 rings (SSSR count). The molecule has 0 unspecified atom stereocenters. The van der Waals surface area contributed by atoms with E-state index in [0.717, 1.165) is 11.3 Å². The Kier molecular flexibility index (Phi) is 8.86. The van der Waals surface area contributed by atoms with Gasteiger partial charge in [0.1, 0.15) is 6.04 Å². The number of benzene rings is 2. The lowest BCUT2D eigenvalue weighted by molar-refractivity contribution is -0.123. The minimum atomic E-state index is -0.639. The minimum absolute atomic E-state index is 0.273. The number of carbonyl (C=O) groups is 2. The van der Waals surface area contributed by atoms with Crippen molar-refractivity contribution in [2.24, 2.45) is 5.10 Å². The number of hydrogen-bond acceptors (Lipinski definition) is 4. The van der Waals surface area contributed by atoms with Gasteiger partial charge in [-0.1, -0.05) is 54.6 Å². The number of nitrogens with zero attached hydrogens (tertiary/aromatic N) is 1. The number of allylic oxidation sites excluding steroid dienone is 1. The van der Waals surface area contributed by atoms with E-state index in [1.807, 2.05) is 48.7 Å². The maximum Gasteiger partial charge on any atom is 0.262 e. The van der Waals surface area contributed by atoms with Gasteiger partial charge in [-0.15, -0.1) is 0 Å². The van der Waals surface area contributed by atoms with Crippen molar-refractivity contribution >= 4 is 35.9 Å². The third-order valence-electron chi connectivity index (χ3n) is 3.69. The van der Waals surface area contributed by atoms with Crippen LogP contribution in [0, 0.1) is 0 Å². The monoisotopic (exact) mass is 381 g/mol. The topological polar surface area (TPSA) is 70.6 Å². The maximum atomic E-state index is 12.4. The first-order valence-electron chi connectivity index (χ1n) is 8.60. The molecule has 2 N–H and O–H groups in total. The highest BCUT2D eigenvalue weighted by molar-refractivity contribution is 7.98. The van der Waals surface area contributed by atoms with Crippen LogP contribution in [-0.2, 0) is 4.79 Å². The quantitative estimate of drug-likeness (QED) is 0.517. The average molecular weight is 382 g/mol. The average Bonchev–Trinajstić information content (AvgIpc) is 2.72. The summed E-state index contributed by atoms with van der Waals surface area (Å²) in [6, 6.07) is 18.0. The summed E-state index contributed by atoms with van der Waals surface area (Å²) in [6.07, 6.45) is 7.63. The number of amides is 2. The zero-order valence-corrected chi connectivity index (χ0v) is 16.0. The van der Waals surface area contributed by atoms with Gasteiger partial charge in [-0.3, -0.25) is 9.59 Å². The van der Waals surface area contributed by atoms with Gasteiger partial charge in [-0.25, -0.2) is 5.43 Å². The summed E-state index contributed by atoms with van der Waals surface area (Å²) in [4.78, 5) is 24.7. The lowest BCUT2D eigenvalue weighted by Gasteiger charge is -2.16. The van der Waals surface area contributed by atoms with E-state index in [-0.39, 0.29) is 11.8 Å². The molecule has 0 fully saturated rings. The Morgan fingerprint density at radius 1 is 1.07 bits per heavy atom. The molecule has 0 aliphatic rings. The van der Waals surface area contributed by atoms with Gasteiger partial charge in [0.25, 0.3) is 11.8 Å². The van der Waals surface area contributed by atoms with Gasteiger partial charge < -0.3 is 5.32 Å². The number of thioether (sulfide) groups is 1. The molecule has 1 atom stereocenters. The van der Waals surface area contributed by atoms with E-state index < -0.39 is 6.04 Å². The molecule has 0 aliphatic heterocycles. The number of hydrogen-bond donors (Lipinski definition) is 2. The molecule has 0 saturated carbocycles. The molecule has 0 heterocycles. The first-order valence-corrected chi connectivity index (χ1v) is 9.99. The first-order chi connectivity index (χ1) is 13.2. The minimum Gasteiger partial charge on any atom is -0.340 e. The molecular weight excluding hydrogens is 358 g/mol. The van der Waals surface area contributed by atoms with Crippen molar-refractivity contribution in [1.29, 1.82) is 0 Å². The van der Waals surface area contributed by atoms with Crippen LogP contribution in [0.25, 0.3) is 6.08 Å². The van der Waals surface area contributed by atoms with Crippen LogP contribution in [0.15, 0.2) is 71.8 Å². The number of nitrogens with one attached hydrogen (secondary N) is 2. The van der Waals surface area contributed by atoms with Crippen molar-refractivity contribution in [3.8, 4) is 0 Å². The molecule has 0 aromatic heterocycles. The van der Waals surface area contributed by atoms with Gasteiger partial charge in [0.15, 0.2) is 0 Å². The van der Waals surface area contributed by atoms with E-state index in [4.69, 9.17) is 0 Å². The standard InChI is InChI=1S/C21H23N3O2S/c1-27-16-14-19(23-20(25)18-12-6-3-7-13-18)21(26)24-22-15-8-11-17-9-4-2-5-10-17/h2-13,15,19H,14,16H2,1H3,(H,23,25)(H,24,26)/b11-8+,22-15?/t19-/m1/s1. The highest BCUT2D eigenvalue weighted by Gasteiger charge is 2.20. The van der Waals surface area contributed by atoms with Gasteiger partial charge >= 0.3 is 0 Å². The fourth-order valence-corrected chi connectivity index (χ4v) is 2.75. The van der Waals surface area contributed by atoms with Crippen LogP contribution in [0.3, 0.4) is 0 Å². The second-order valence-electron chi connectivity index (χ2n) is 5.70. The fourth-order valence-electron chi connectivity index (χ4n) is 2.28. The van der Waals surface area contributed by atoms with Gasteiger partial charge in [-0.05, 0) is 42.2 Å². The third-order valence-corrected chi connectivity index (χ3v) is 4.34.